The first-order valence-corrected chi connectivity index (χ1v) is 6.43. The van der Waals surface area contributed by atoms with Crippen molar-refractivity contribution in [2.75, 3.05) is 6.61 Å². The highest BCUT2D eigenvalue weighted by Gasteiger charge is 2.04. The fourth-order valence-electron chi connectivity index (χ4n) is 1.24. The molecule has 0 amide bonds. The zero-order valence-corrected chi connectivity index (χ0v) is 11.5. The molecule has 1 aromatic rings. The number of aryl methyl sites for hydroxylation is 1. The molecular formula is C13H22ClNO. The maximum atomic E-state index is 5.80. The van der Waals surface area contributed by atoms with Gasteiger partial charge < -0.3 is 4.74 Å². The molecule has 1 rings (SSSR count). The Morgan fingerprint density at radius 2 is 1.94 bits per heavy atom. The number of rotatable bonds is 5. The van der Waals surface area contributed by atoms with Gasteiger partial charge in [0.25, 0.3) is 0 Å². The molecule has 0 aliphatic carbocycles. The van der Waals surface area contributed by atoms with E-state index < -0.39 is 0 Å². The van der Waals surface area contributed by atoms with Crippen LogP contribution in [0.3, 0.4) is 0 Å². The normalized spacial score (nSPS) is 9.31. The summed E-state index contributed by atoms with van der Waals surface area (Å²) in [6.07, 6.45) is 4.89. The Bertz CT molecular complexity index is 289. The molecule has 0 fully saturated rings. The first-order valence-electron chi connectivity index (χ1n) is 6.05. The average Bonchev–Trinajstić information content (AvgIpc) is 2.32. The lowest BCUT2D eigenvalue weighted by Crippen LogP contribution is -1.99. The Morgan fingerprint density at radius 1 is 1.25 bits per heavy atom. The van der Waals surface area contributed by atoms with E-state index in [9.17, 15) is 0 Å². The number of nitrogens with zero attached hydrogens (tertiary/aromatic N) is 1. The zero-order valence-electron chi connectivity index (χ0n) is 10.7. The molecule has 92 valence electrons. The summed E-state index contributed by atoms with van der Waals surface area (Å²) in [5.74, 6) is 0.883. The molecule has 16 heavy (non-hydrogen) atoms. The highest BCUT2D eigenvalue weighted by Crippen LogP contribution is 2.22. The number of ether oxygens (including phenoxy) is 1. The fraction of sp³-hybridized carbons (Fsp3) is 0.615. The summed E-state index contributed by atoms with van der Waals surface area (Å²) in [6.45, 7) is 8.96. The number of hydrogen-bond donors (Lipinski definition) is 0. The third-order valence-corrected chi connectivity index (χ3v) is 2.10. The van der Waals surface area contributed by atoms with Crippen molar-refractivity contribution < 1.29 is 4.74 Å². The van der Waals surface area contributed by atoms with E-state index in [2.05, 4.69) is 18.8 Å². The summed E-state index contributed by atoms with van der Waals surface area (Å²) >= 11 is 5.80. The first-order chi connectivity index (χ1) is 7.77. The van der Waals surface area contributed by atoms with Crippen LogP contribution in [0.4, 0.5) is 0 Å². The van der Waals surface area contributed by atoms with Crippen LogP contribution in [-0.2, 0) is 6.42 Å². The minimum Gasteiger partial charge on any atom is -0.493 e. The second kappa shape index (κ2) is 9.46. The monoisotopic (exact) mass is 243 g/mol. The highest BCUT2D eigenvalue weighted by atomic mass is 35.5. The van der Waals surface area contributed by atoms with Gasteiger partial charge in [0, 0.05) is 17.8 Å². The highest BCUT2D eigenvalue weighted by molar-refractivity contribution is 6.29. The molecule has 0 spiro atoms. The van der Waals surface area contributed by atoms with E-state index in [1.165, 1.54) is 0 Å². The predicted molar refractivity (Wildman–Crippen MR) is 70.4 cm³/mol. The van der Waals surface area contributed by atoms with E-state index in [1.807, 2.05) is 13.8 Å². The van der Waals surface area contributed by atoms with Gasteiger partial charge in [0.1, 0.15) is 10.9 Å². The summed E-state index contributed by atoms with van der Waals surface area (Å²) in [5.41, 5.74) is 1.14. The second-order valence-corrected chi connectivity index (χ2v) is 3.60. The number of pyridine rings is 1. The quantitative estimate of drug-likeness (QED) is 0.711. The summed E-state index contributed by atoms with van der Waals surface area (Å²) in [6, 6.07) is 1.79. The van der Waals surface area contributed by atoms with Crippen molar-refractivity contribution in [3.8, 4) is 5.75 Å². The van der Waals surface area contributed by atoms with Crippen molar-refractivity contribution in [1.29, 1.82) is 0 Å². The van der Waals surface area contributed by atoms with Crippen LogP contribution in [0.5, 0.6) is 5.75 Å². The van der Waals surface area contributed by atoms with Gasteiger partial charge in [0.05, 0.1) is 6.61 Å². The van der Waals surface area contributed by atoms with Crippen molar-refractivity contribution in [3.63, 3.8) is 0 Å². The molecule has 0 bridgehead atoms. The predicted octanol–water partition coefficient (Wildman–Crippen LogP) is 4.50. The van der Waals surface area contributed by atoms with Gasteiger partial charge in [-0.15, -0.1) is 0 Å². The number of aromatic nitrogens is 1. The second-order valence-electron chi connectivity index (χ2n) is 3.21. The Kier molecular flexibility index (Phi) is 9.02. The fourth-order valence-corrected chi connectivity index (χ4v) is 1.39. The Morgan fingerprint density at radius 3 is 2.50 bits per heavy atom. The average molecular weight is 244 g/mol. The summed E-state index contributed by atoms with van der Waals surface area (Å²) in [7, 11) is 0. The van der Waals surface area contributed by atoms with E-state index in [0.29, 0.717) is 5.15 Å². The van der Waals surface area contributed by atoms with Crippen LogP contribution in [0.15, 0.2) is 12.3 Å². The molecule has 3 heteroatoms. The van der Waals surface area contributed by atoms with Crippen LogP contribution in [0, 0.1) is 0 Å². The maximum absolute atomic E-state index is 5.80. The standard InChI is InChI=1S/C11H16ClNO.C2H6/c1-3-5-9-8-13-11(12)7-10(9)14-6-4-2;1-2/h7-8H,3-6H2,1-2H3;1-2H3. The Labute approximate surface area is 104 Å². The van der Waals surface area contributed by atoms with Gasteiger partial charge in [-0.05, 0) is 12.8 Å². The zero-order chi connectivity index (χ0) is 12.4. The number of halogens is 1. The molecule has 0 aromatic carbocycles. The lowest BCUT2D eigenvalue weighted by molar-refractivity contribution is 0.313. The molecule has 0 unspecified atom stereocenters. The largest absolute Gasteiger partial charge is 0.493 e. The van der Waals surface area contributed by atoms with Crippen molar-refractivity contribution in [3.05, 3.63) is 23.0 Å². The van der Waals surface area contributed by atoms with Crippen LogP contribution in [0.1, 0.15) is 46.1 Å². The molecule has 0 atom stereocenters. The van der Waals surface area contributed by atoms with E-state index in [0.717, 1.165) is 37.2 Å². The number of hydrogen-bond acceptors (Lipinski definition) is 2. The molecular weight excluding hydrogens is 222 g/mol. The van der Waals surface area contributed by atoms with E-state index in [1.54, 1.807) is 12.3 Å². The minimum atomic E-state index is 0.496. The van der Waals surface area contributed by atoms with E-state index in [4.69, 9.17) is 16.3 Å². The molecule has 0 saturated carbocycles. The van der Waals surface area contributed by atoms with Gasteiger partial charge in [0.2, 0.25) is 0 Å². The minimum absolute atomic E-state index is 0.496. The van der Waals surface area contributed by atoms with Crippen LogP contribution in [0.2, 0.25) is 5.15 Å². The van der Waals surface area contributed by atoms with E-state index >= 15 is 0 Å². The molecule has 0 aliphatic heterocycles. The smallest absolute Gasteiger partial charge is 0.132 e. The molecule has 1 aromatic heterocycles. The maximum Gasteiger partial charge on any atom is 0.132 e. The lowest BCUT2D eigenvalue weighted by Gasteiger charge is -2.09. The van der Waals surface area contributed by atoms with Crippen molar-refractivity contribution in [2.45, 2.75) is 47.0 Å². The van der Waals surface area contributed by atoms with Crippen molar-refractivity contribution >= 4 is 11.6 Å². The van der Waals surface area contributed by atoms with Crippen molar-refractivity contribution in [2.24, 2.45) is 0 Å². The Hall–Kier alpha value is -0.760. The van der Waals surface area contributed by atoms with Gasteiger partial charge in [-0.25, -0.2) is 4.98 Å². The van der Waals surface area contributed by atoms with E-state index in [-0.39, 0.29) is 0 Å². The third kappa shape index (κ3) is 5.36. The summed E-state index contributed by atoms with van der Waals surface area (Å²) in [5, 5.41) is 0.496. The van der Waals surface area contributed by atoms with Gasteiger partial charge >= 0.3 is 0 Å². The topological polar surface area (TPSA) is 22.1 Å². The molecule has 0 saturated heterocycles. The molecule has 0 radical (unpaired) electrons. The molecule has 2 nitrogen and oxygen atoms in total. The first kappa shape index (κ1) is 15.2. The summed E-state index contributed by atoms with van der Waals surface area (Å²) < 4.78 is 5.60. The van der Waals surface area contributed by atoms with Crippen LogP contribution >= 0.6 is 11.6 Å². The lowest BCUT2D eigenvalue weighted by atomic mass is 10.1. The Balaban J connectivity index is 0.00000106. The van der Waals surface area contributed by atoms with Gasteiger partial charge in [0.15, 0.2) is 0 Å². The SMILES string of the molecule is CC.CCCOc1cc(Cl)ncc1CCC. The van der Waals surface area contributed by atoms with Gasteiger partial charge in [-0.1, -0.05) is 45.7 Å². The van der Waals surface area contributed by atoms with Crippen LogP contribution in [-0.4, -0.2) is 11.6 Å². The molecule has 0 N–H and O–H groups in total. The molecule has 0 aliphatic rings. The summed E-state index contributed by atoms with van der Waals surface area (Å²) in [4.78, 5) is 4.05. The van der Waals surface area contributed by atoms with Crippen LogP contribution < -0.4 is 4.74 Å². The van der Waals surface area contributed by atoms with Crippen LogP contribution in [0.25, 0.3) is 0 Å². The van der Waals surface area contributed by atoms with Gasteiger partial charge in [-0.3, -0.25) is 0 Å². The van der Waals surface area contributed by atoms with Gasteiger partial charge in [-0.2, -0.15) is 0 Å². The van der Waals surface area contributed by atoms with Crippen molar-refractivity contribution in [1.82, 2.24) is 4.98 Å². The molecule has 1 heterocycles. The third-order valence-electron chi connectivity index (χ3n) is 1.89.